The van der Waals surface area contributed by atoms with E-state index in [9.17, 15) is 5.11 Å². The van der Waals surface area contributed by atoms with Crippen molar-refractivity contribution >= 4 is 26.3 Å². The van der Waals surface area contributed by atoms with Crippen molar-refractivity contribution in [1.29, 1.82) is 0 Å². The molecule has 0 aromatic carbocycles. The summed E-state index contributed by atoms with van der Waals surface area (Å²) in [6.07, 6.45) is 7.42. The van der Waals surface area contributed by atoms with Crippen molar-refractivity contribution in [2.75, 3.05) is 19.0 Å². The van der Waals surface area contributed by atoms with Gasteiger partial charge in [-0.25, -0.2) is 0 Å². The van der Waals surface area contributed by atoms with Gasteiger partial charge in [0.15, 0.2) is 0 Å². The summed E-state index contributed by atoms with van der Waals surface area (Å²) in [4.78, 5) is 0. The molecular weight excluding hydrogens is 306 g/mol. The molecule has 2 unspecified atom stereocenters. The van der Waals surface area contributed by atoms with E-state index >= 15 is 0 Å². The number of hydrogen-bond donors (Lipinski definition) is 1. The van der Waals surface area contributed by atoms with Gasteiger partial charge in [0.1, 0.15) is 0 Å². The van der Waals surface area contributed by atoms with Gasteiger partial charge in [-0.15, -0.1) is 0 Å². The van der Waals surface area contributed by atoms with Crippen molar-refractivity contribution in [3.8, 4) is 0 Å². The van der Waals surface area contributed by atoms with Gasteiger partial charge in [0.05, 0.1) is 0 Å². The van der Waals surface area contributed by atoms with Crippen LogP contribution in [0.4, 0.5) is 0 Å². The van der Waals surface area contributed by atoms with Gasteiger partial charge in [-0.05, 0) is 0 Å². The number of aliphatic hydroxyl groups excluding tert-OH is 1. The van der Waals surface area contributed by atoms with Crippen LogP contribution in [0, 0.1) is 0 Å². The summed E-state index contributed by atoms with van der Waals surface area (Å²) in [6, 6.07) is 0. The van der Waals surface area contributed by atoms with E-state index in [0.717, 1.165) is 6.42 Å². The fourth-order valence-electron chi connectivity index (χ4n) is 2.63. The van der Waals surface area contributed by atoms with E-state index in [2.05, 4.69) is 42.6 Å². The van der Waals surface area contributed by atoms with Crippen molar-refractivity contribution in [3.63, 3.8) is 0 Å². The number of aliphatic hydroxyl groups is 1. The first-order valence-electron chi connectivity index (χ1n) is 5.83. The van der Waals surface area contributed by atoms with Crippen LogP contribution in [0.15, 0.2) is 0 Å². The predicted molar refractivity (Wildman–Crippen MR) is 76.2 cm³/mol. The Balaban J connectivity index is 2.87. The molecule has 1 saturated carbocycles. The summed E-state index contributed by atoms with van der Waals surface area (Å²) in [5, 5.41) is 10.2. The quantitative estimate of drug-likeness (QED) is 0.615. The van der Waals surface area contributed by atoms with Crippen LogP contribution in [-0.2, 0) is 0 Å². The first kappa shape index (κ1) is 13.2. The first-order chi connectivity index (χ1) is 6.43. The van der Waals surface area contributed by atoms with Crippen molar-refractivity contribution in [2.24, 2.45) is 0 Å². The Labute approximate surface area is 101 Å². The monoisotopic (exact) mass is 330 g/mol. The molecule has 0 bridgehead atoms. The summed E-state index contributed by atoms with van der Waals surface area (Å²) in [5.74, 6) is 0. The predicted octanol–water partition coefficient (Wildman–Crippen LogP) is 3.86. The molecule has 0 aromatic rings. The molecule has 3 heteroatoms. The normalized spacial score (nSPS) is 32.2. The summed E-state index contributed by atoms with van der Waals surface area (Å²) in [7, 11) is 0. The Bertz CT molecular complexity index is 197. The Morgan fingerprint density at radius 3 is 2.14 bits per heavy atom. The number of rotatable bonds is 3. The zero-order valence-electron chi connectivity index (χ0n) is 9.67. The second-order valence-electron chi connectivity index (χ2n) is 5.04. The Morgan fingerprint density at radius 2 is 1.71 bits per heavy atom. The second kappa shape index (κ2) is 4.55. The van der Waals surface area contributed by atoms with E-state index in [1.807, 2.05) is 0 Å². The number of halogens is 1. The molecule has 14 heavy (non-hydrogen) atoms. The Hall–Kier alpha value is 1.12. The van der Waals surface area contributed by atoms with Crippen molar-refractivity contribution in [1.82, 2.24) is 0 Å². The third kappa shape index (κ3) is 2.44. The molecule has 1 fully saturated rings. The van der Waals surface area contributed by atoms with Crippen LogP contribution in [-0.4, -0.2) is 35.9 Å². The van der Waals surface area contributed by atoms with Crippen molar-refractivity contribution < 1.29 is 5.11 Å². The SMILES string of the molecule is CCP(C)(I)(CC)C1CCCCC1O. The van der Waals surface area contributed by atoms with E-state index < -0.39 is 4.25 Å². The maximum absolute atomic E-state index is 10.2. The number of hydrogen-bond acceptors (Lipinski definition) is 1. The van der Waals surface area contributed by atoms with Gasteiger partial charge < -0.3 is 0 Å². The molecule has 1 rings (SSSR count). The molecule has 1 aliphatic carbocycles. The molecule has 1 nitrogen and oxygen atoms in total. The molecule has 0 heterocycles. The van der Waals surface area contributed by atoms with Crippen molar-refractivity contribution in [3.05, 3.63) is 0 Å². The first-order valence-corrected chi connectivity index (χ1v) is 11.7. The molecule has 1 aliphatic rings. The topological polar surface area (TPSA) is 20.2 Å². The average molecular weight is 330 g/mol. The van der Waals surface area contributed by atoms with E-state index in [-0.39, 0.29) is 6.10 Å². The third-order valence-electron chi connectivity index (χ3n) is 4.30. The molecule has 0 amide bonds. The van der Waals surface area contributed by atoms with Crippen LogP contribution in [0.1, 0.15) is 39.5 Å². The van der Waals surface area contributed by atoms with Gasteiger partial charge in [0, 0.05) is 0 Å². The van der Waals surface area contributed by atoms with Crippen molar-refractivity contribution in [2.45, 2.75) is 51.3 Å². The molecule has 0 saturated heterocycles. The van der Waals surface area contributed by atoms with Gasteiger partial charge in [-0.1, -0.05) is 0 Å². The van der Waals surface area contributed by atoms with E-state index in [1.54, 1.807) is 0 Å². The zero-order valence-corrected chi connectivity index (χ0v) is 12.7. The van der Waals surface area contributed by atoms with Crippen LogP contribution in [0.5, 0.6) is 0 Å². The van der Waals surface area contributed by atoms with Gasteiger partial charge in [-0.2, -0.15) is 0 Å². The molecule has 86 valence electrons. The fourth-order valence-corrected chi connectivity index (χ4v) is 7.97. The molecule has 0 aromatic heterocycles. The summed E-state index contributed by atoms with van der Waals surface area (Å²) in [6.45, 7) is 7.11. The van der Waals surface area contributed by atoms with E-state index in [1.165, 1.54) is 31.6 Å². The molecule has 0 radical (unpaired) electrons. The van der Waals surface area contributed by atoms with Gasteiger partial charge in [0.25, 0.3) is 0 Å². The summed E-state index contributed by atoms with van der Waals surface area (Å²) >= 11 is 2.74. The Kier molecular flexibility index (Phi) is 4.28. The zero-order chi connectivity index (χ0) is 10.8. The van der Waals surface area contributed by atoms with Crippen LogP contribution in [0.25, 0.3) is 0 Å². The molecule has 0 aliphatic heterocycles. The average Bonchev–Trinajstić information content (AvgIpc) is 2.19. The van der Waals surface area contributed by atoms with Crippen LogP contribution < -0.4 is 0 Å². The standard InChI is InChI=1S/C11H24IOP/c1-4-14(3,12,5-2)11-9-7-6-8-10(11)13/h10-11,13H,4-9H2,1-3H3. The summed E-state index contributed by atoms with van der Waals surface area (Å²) in [5.41, 5.74) is 0.616. The van der Waals surface area contributed by atoms with Crippen LogP contribution in [0.2, 0.25) is 0 Å². The van der Waals surface area contributed by atoms with E-state index in [0.29, 0.717) is 5.66 Å². The maximum atomic E-state index is 10.2. The van der Waals surface area contributed by atoms with Gasteiger partial charge in [0.2, 0.25) is 0 Å². The van der Waals surface area contributed by atoms with Gasteiger partial charge >= 0.3 is 102 Å². The van der Waals surface area contributed by atoms with Gasteiger partial charge in [-0.3, -0.25) is 0 Å². The summed E-state index contributed by atoms with van der Waals surface area (Å²) < 4.78 is -1.61. The molecular formula is C11H24IOP. The second-order valence-corrected chi connectivity index (χ2v) is 19.6. The van der Waals surface area contributed by atoms with Crippen LogP contribution in [0.3, 0.4) is 0 Å². The van der Waals surface area contributed by atoms with Crippen LogP contribution >= 0.6 is 26.3 Å². The molecule has 0 spiro atoms. The van der Waals surface area contributed by atoms with E-state index in [4.69, 9.17) is 0 Å². The Morgan fingerprint density at radius 1 is 1.21 bits per heavy atom. The molecule has 1 N–H and O–H groups in total. The third-order valence-corrected chi connectivity index (χ3v) is 16.4. The minimum atomic E-state index is -1.61. The fraction of sp³-hybridized carbons (Fsp3) is 1.00. The molecule has 2 atom stereocenters. The minimum absolute atomic E-state index is 0.0109.